The lowest BCUT2D eigenvalue weighted by Gasteiger charge is -2.41. The predicted molar refractivity (Wildman–Crippen MR) is 262 cm³/mol. The molecule has 6 amide bonds. The first kappa shape index (κ1) is 64.1. The number of carbonyl (C=O) groups excluding carboxylic acids is 6. The number of aromatic nitrogens is 1. The first-order valence-corrected chi connectivity index (χ1v) is 23.9. The average Bonchev–Trinajstić information content (AvgIpc) is 3.94. The molecular weight excluding hydrogens is 1030 g/mol. The van der Waals surface area contributed by atoms with Gasteiger partial charge in [-0.3, -0.25) is 33.7 Å². The number of aliphatic hydroxyl groups is 1. The monoisotopic (exact) mass is 1100 g/mol. The largest absolute Gasteiger partial charge is 0.490 e. The van der Waals surface area contributed by atoms with Gasteiger partial charge in [0.25, 0.3) is 11.8 Å². The maximum absolute atomic E-state index is 15.1. The smallest absolute Gasteiger partial charge is 0.480 e. The van der Waals surface area contributed by atoms with Crippen LogP contribution in [0.4, 0.5) is 22.0 Å². The molecule has 0 spiro atoms. The fourth-order valence-electron chi connectivity index (χ4n) is 7.27. The SMILES string of the molecule is CC(C)(C)[C@H](c1cc(-c2cc(F)ccc2F)cn1Cc1ccccc1)N(CC[C@H](N)C(=O)N[C@H](CNC(=O)CCOCCOCCOCCOCCNC(=O)CN1C(=O)C=CC1=O)C(=O)O)C(=O)CO.O=C(O)C(F)(F)F. The summed E-state index contributed by atoms with van der Waals surface area (Å²) in [6, 6.07) is 10.5. The Balaban J connectivity index is 0.00000208. The van der Waals surface area contributed by atoms with Gasteiger partial charge in [0.2, 0.25) is 23.6 Å². The van der Waals surface area contributed by atoms with Crippen LogP contribution < -0.4 is 21.7 Å². The molecule has 424 valence electrons. The number of nitrogens with two attached hydrogens (primary N) is 1. The molecule has 0 fully saturated rings. The van der Waals surface area contributed by atoms with Gasteiger partial charge in [-0.1, -0.05) is 51.1 Å². The molecule has 1 aliphatic heterocycles. The summed E-state index contributed by atoms with van der Waals surface area (Å²) in [5, 5.41) is 34.4. The summed E-state index contributed by atoms with van der Waals surface area (Å²) >= 11 is 0. The molecule has 27 heteroatoms. The van der Waals surface area contributed by atoms with Crippen LogP contribution in [-0.4, -0.2) is 181 Å². The molecule has 0 saturated heterocycles. The van der Waals surface area contributed by atoms with E-state index < -0.39 is 102 Å². The molecule has 8 N–H and O–H groups in total. The number of rotatable bonds is 31. The van der Waals surface area contributed by atoms with Crippen LogP contribution >= 0.6 is 0 Å². The van der Waals surface area contributed by atoms with Crippen LogP contribution in [0.25, 0.3) is 11.1 Å². The first-order valence-electron chi connectivity index (χ1n) is 23.9. The lowest BCUT2D eigenvalue weighted by Crippen LogP contribution is -2.53. The molecule has 0 radical (unpaired) electrons. The van der Waals surface area contributed by atoms with Crippen molar-refractivity contribution in [3.8, 4) is 11.1 Å². The highest BCUT2D eigenvalue weighted by Crippen LogP contribution is 2.41. The van der Waals surface area contributed by atoms with Crippen LogP contribution in [0.1, 0.15) is 50.9 Å². The molecule has 2 aromatic carbocycles. The summed E-state index contributed by atoms with van der Waals surface area (Å²) in [6.45, 7) is 5.84. The van der Waals surface area contributed by atoms with E-state index in [1.54, 1.807) is 12.3 Å². The number of carboxylic acid groups (broad SMARTS) is 2. The second-order valence-electron chi connectivity index (χ2n) is 18.0. The van der Waals surface area contributed by atoms with Crippen molar-refractivity contribution in [3.63, 3.8) is 0 Å². The van der Waals surface area contributed by atoms with E-state index in [1.807, 2.05) is 55.7 Å². The molecule has 1 aliphatic rings. The third-order valence-electron chi connectivity index (χ3n) is 11.0. The number of carbonyl (C=O) groups is 8. The Labute approximate surface area is 439 Å². The molecule has 3 atom stereocenters. The Hall–Kier alpha value is -7.17. The molecule has 4 rings (SSSR count). The van der Waals surface area contributed by atoms with Crippen LogP contribution in [0.5, 0.6) is 0 Å². The minimum absolute atomic E-state index is 0.00275. The van der Waals surface area contributed by atoms with E-state index in [2.05, 4.69) is 16.0 Å². The first-order chi connectivity index (χ1) is 36.3. The predicted octanol–water partition coefficient (Wildman–Crippen LogP) is 1.92. The standard InChI is InChI=1S/C48H63F2N7O13.C2HF3O2/c1-48(2,3)45(39-25-33(35-26-34(49)9-10-36(35)50)29-55(39)28-32-7-5-4-6-8-32)56(44(63)31-58)16-13-37(51)46(64)54-38(47(65)66)27-53-40(59)14-17-67-19-21-69-23-24-70-22-20-68-18-15-52-41(60)30-57-42(61)11-12-43(57)62;3-2(4,5)1(6)7/h4-12,25-26,29,37-38,45,58H,13-24,27-28,30-31,51H2,1-3H3,(H,52,60)(H,53,59)(H,54,64)(H,65,66);(H,6,7)/t37-,38+,45-;/m0./s1. The number of aliphatic hydroxyl groups excluding tert-OH is 1. The molecule has 77 heavy (non-hydrogen) atoms. The number of hydrogen-bond acceptors (Lipinski definition) is 14. The lowest BCUT2D eigenvalue weighted by molar-refractivity contribution is -0.192. The zero-order chi connectivity index (χ0) is 57.3. The number of amides is 6. The van der Waals surface area contributed by atoms with Crippen molar-refractivity contribution in [3.05, 3.63) is 95.8 Å². The van der Waals surface area contributed by atoms with Gasteiger partial charge in [-0.25, -0.2) is 18.4 Å². The molecule has 0 unspecified atom stereocenters. The molecule has 2 heterocycles. The molecule has 22 nitrogen and oxygen atoms in total. The van der Waals surface area contributed by atoms with E-state index in [4.69, 9.17) is 34.6 Å². The van der Waals surface area contributed by atoms with Gasteiger partial charge in [0, 0.05) is 67.8 Å². The van der Waals surface area contributed by atoms with Crippen LogP contribution in [0, 0.1) is 17.0 Å². The van der Waals surface area contributed by atoms with E-state index in [9.17, 15) is 61.3 Å². The van der Waals surface area contributed by atoms with Crippen molar-refractivity contribution >= 4 is 47.4 Å². The number of halogens is 5. The van der Waals surface area contributed by atoms with Gasteiger partial charge in [-0.05, 0) is 41.7 Å². The van der Waals surface area contributed by atoms with Gasteiger partial charge >= 0.3 is 18.1 Å². The zero-order valence-electron chi connectivity index (χ0n) is 42.5. The molecule has 1 aromatic heterocycles. The van der Waals surface area contributed by atoms with E-state index in [-0.39, 0.29) is 90.9 Å². The zero-order valence-corrected chi connectivity index (χ0v) is 42.5. The van der Waals surface area contributed by atoms with Crippen LogP contribution in [0.3, 0.4) is 0 Å². The Morgan fingerprint density at radius 1 is 0.779 bits per heavy atom. The number of aliphatic carboxylic acids is 2. The summed E-state index contributed by atoms with van der Waals surface area (Å²) in [7, 11) is 0. The van der Waals surface area contributed by atoms with E-state index in [0.29, 0.717) is 17.8 Å². The fraction of sp³-hybridized carbons (Fsp3) is 0.480. The maximum Gasteiger partial charge on any atom is 0.490 e. The van der Waals surface area contributed by atoms with E-state index >= 15 is 4.39 Å². The third-order valence-corrected chi connectivity index (χ3v) is 11.0. The van der Waals surface area contributed by atoms with Crippen molar-refractivity contribution in [2.45, 2.75) is 64.5 Å². The van der Waals surface area contributed by atoms with Crippen molar-refractivity contribution in [2.75, 3.05) is 85.6 Å². The number of ether oxygens (including phenoxy) is 4. The lowest BCUT2D eigenvalue weighted by atomic mass is 9.82. The van der Waals surface area contributed by atoms with Gasteiger partial charge in [0.15, 0.2) is 0 Å². The van der Waals surface area contributed by atoms with Crippen molar-refractivity contribution in [2.24, 2.45) is 11.1 Å². The van der Waals surface area contributed by atoms with E-state index in [1.165, 1.54) is 4.90 Å². The second kappa shape index (κ2) is 31.8. The molecular formula is C50H64F5N7O15. The quantitative estimate of drug-likeness (QED) is 0.0275. The normalized spacial score (nSPS) is 13.6. The number of hydrogen-bond donors (Lipinski definition) is 7. The highest BCUT2D eigenvalue weighted by Gasteiger charge is 2.39. The van der Waals surface area contributed by atoms with Gasteiger partial charge < -0.3 is 65.4 Å². The summed E-state index contributed by atoms with van der Waals surface area (Å²) < 4.78 is 84.6. The molecule has 3 aromatic rings. The highest BCUT2D eigenvalue weighted by molar-refractivity contribution is 6.14. The number of nitrogens with one attached hydrogen (secondary N) is 3. The summed E-state index contributed by atoms with van der Waals surface area (Å²) in [6.07, 6.45) is -1.50. The summed E-state index contributed by atoms with van der Waals surface area (Å²) in [5.74, 6) is -9.15. The number of imide groups is 1. The van der Waals surface area contributed by atoms with Gasteiger partial charge in [-0.2, -0.15) is 13.2 Å². The minimum Gasteiger partial charge on any atom is -0.480 e. The Morgan fingerprint density at radius 3 is 1.90 bits per heavy atom. The Bertz CT molecular complexity index is 2470. The molecule has 0 bridgehead atoms. The van der Waals surface area contributed by atoms with Crippen LogP contribution in [0.2, 0.25) is 0 Å². The Morgan fingerprint density at radius 2 is 1.35 bits per heavy atom. The fourth-order valence-corrected chi connectivity index (χ4v) is 7.27. The van der Waals surface area contributed by atoms with Crippen molar-refractivity contribution < 1.29 is 94.6 Å². The summed E-state index contributed by atoms with van der Waals surface area (Å²) in [4.78, 5) is 97.3. The van der Waals surface area contributed by atoms with Crippen LogP contribution in [0.15, 0.2) is 72.9 Å². The van der Waals surface area contributed by atoms with E-state index in [0.717, 1.165) is 40.8 Å². The second-order valence-corrected chi connectivity index (χ2v) is 18.0. The highest BCUT2D eigenvalue weighted by atomic mass is 19.4. The topological polar surface area (TPSA) is 308 Å². The average molecular weight is 1100 g/mol. The number of benzene rings is 2. The van der Waals surface area contributed by atoms with Crippen molar-refractivity contribution in [1.29, 1.82) is 0 Å². The van der Waals surface area contributed by atoms with Gasteiger partial charge in [0.05, 0.1) is 64.9 Å². The third kappa shape index (κ3) is 22.5. The Kier molecular flexibility index (Phi) is 26.5. The number of nitrogens with zero attached hydrogens (tertiary/aromatic N) is 3. The summed E-state index contributed by atoms with van der Waals surface area (Å²) in [5.41, 5.74) is 7.29. The van der Waals surface area contributed by atoms with Crippen molar-refractivity contribution in [1.82, 2.24) is 30.3 Å². The van der Waals surface area contributed by atoms with Gasteiger partial charge in [0.1, 0.15) is 30.8 Å². The van der Waals surface area contributed by atoms with Gasteiger partial charge in [-0.15, -0.1) is 0 Å². The number of alkyl halides is 3. The van der Waals surface area contributed by atoms with Crippen LogP contribution in [-0.2, 0) is 63.8 Å². The molecule has 0 aliphatic carbocycles. The number of carboxylic acids is 2. The minimum atomic E-state index is -5.08. The maximum atomic E-state index is 15.1. The molecule has 0 saturated carbocycles.